The second-order valence-electron chi connectivity index (χ2n) is 4.49. The van der Waals surface area contributed by atoms with Gasteiger partial charge in [0, 0.05) is 10.2 Å². The van der Waals surface area contributed by atoms with Crippen molar-refractivity contribution in [3.63, 3.8) is 0 Å². The molecule has 0 aliphatic rings. The largest absolute Gasteiger partial charge is 0.497 e. The van der Waals surface area contributed by atoms with Gasteiger partial charge in [0.25, 0.3) is 5.91 Å². The van der Waals surface area contributed by atoms with Crippen LogP contribution in [-0.2, 0) is 0 Å². The zero-order valence-electron chi connectivity index (χ0n) is 11.5. The summed E-state index contributed by atoms with van der Waals surface area (Å²) < 4.78 is 5.81. The van der Waals surface area contributed by atoms with Crippen LogP contribution in [0.15, 0.2) is 34.8 Å². The summed E-state index contributed by atoms with van der Waals surface area (Å²) in [5.41, 5.74) is 8.14. The lowest BCUT2D eigenvalue weighted by atomic mass is 10.1. The third-order valence-electron chi connectivity index (χ3n) is 3.01. The van der Waals surface area contributed by atoms with Crippen molar-refractivity contribution in [2.24, 2.45) is 0 Å². The average molecular weight is 370 g/mol. The molecule has 0 heterocycles. The number of nitrogens with one attached hydrogen (secondary N) is 1. The van der Waals surface area contributed by atoms with Crippen LogP contribution in [0.25, 0.3) is 0 Å². The van der Waals surface area contributed by atoms with Gasteiger partial charge in [-0.1, -0.05) is 11.6 Å². The monoisotopic (exact) mass is 368 g/mol. The fourth-order valence-corrected chi connectivity index (χ4v) is 2.42. The van der Waals surface area contributed by atoms with Crippen molar-refractivity contribution in [1.29, 1.82) is 0 Å². The second-order valence-corrected chi connectivity index (χ2v) is 5.75. The van der Waals surface area contributed by atoms with E-state index in [9.17, 15) is 4.79 Å². The van der Waals surface area contributed by atoms with Crippen molar-refractivity contribution in [2.75, 3.05) is 18.2 Å². The summed E-state index contributed by atoms with van der Waals surface area (Å²) in [5, 5.41) is 3.23. The number of rotatable bonds is 3. The number of amides is 1. The first-order chi connectivity index (χ1) is 9.92. The van der Waals surface area contributed by atoms with Gasteiger partial charge in [0.05, 0.1) is 23.4 Å². The van der Waals surface area contributed by atoms with Crippen molar-refractivity contribution >= 4 is 44.8 Å². The van der Waals surface area contributed by atoms with Crippen LogP contribution in [0.1, 0.15) is 15.9 Å². The number of carbonyl (C=O) groups excluding carboxylic acids is 1. The van der Waals surface area contributed by atoms with Crippen molar-refractivity contribution < 1.29 is 9.53 Å². The predicted octanol–water partition coefficient (Wildman–Crippen LogP) is 4.25. The molecule has 2 aromatic rings. The molecule has 2 aromatic carbocycles. The summed E-state index contributed by atoms with van der Waals surface area (Å²) in [6, 6.07) is 8.55. The number of methoxy groups -OCH3 is 1. The third-order valence-corrected chi connectivity index (χ3v) is 4.03. The molecule has 3 N–H and O–H groups in total. The molecular formula is C15H14BrClN2O2. The summed E-state index contributed by atoms with van der Waals surface area (Å²) in [5.74, 6) is 0.347. The minimum atomic E-state index is -0.260. The zero-order valence-corrected chi connectivity index (χ0v) is 13.9. The molecular weight excluding hydrogens is 356 g/mol. The standard InChI is InChI=1S/C15H14BrClN2O2/c1-8-5-13(18)12(17)7-14(8)19-15(20)10-6-9(21-2)3-4-11(10)16/h3-7H,18H2,1-2H3,(H,19,20). The number of nitrogen functional groups attached to an aromatic ring is 1. The van der Waals surface area contributed by atoms with E-state index >= 15 is 0 Å². The van der Waals surface area contributed by atoms with Crippen LogP contribution in [0.3, 0.4) is 0 Å². The number of hydrogen-bond donors (Lipinski definition) is 2. The van der Waals surface area contributed by atoms with Gasteiger partial charge in [0.2, 0.25) is 0 Å². The molecule has 0 saturated heterocycles. The van der Waals surface area contributed by atoms with E-state index in [4.69, 9.17) is 22.1 Å². The minimum absolute atomic E-state index is 0.260. The smallest absolute Gasteiger partial charge is 0.256 e. The maximum Gasteiger partial charge on any atom is 0.256 e. The van der Waals surface area contributed by atoms with Gasteiger partial charge in [-0.05, 0) is 58.7 Å². The van der Waals surface area contributed by atoms with Gasteiger partial charge in [-0.25, -0.2) is 0 Å². The quantitative estimate of drug-likeness (QED) is 0.795. The SMILES string of the molecule is COc1ccc(Br)c(C(=O)Nc2cc(Cl)c(N)cc2C)c1. The van der Waals surface area contributed by atoms with Gasteiger partial charge in [0.1, 0.15) is 5.75 Å². The summed E-state index contributed by atoms with van der Waals surface area (Å²) >= 11 is 9.34. The number of hydrogen-bond acceptors (Lipinski definition) is 3. The Balaban J connectivity index is 2.32. The molecule has 6 heteroatoms. The van der Waals surface area contributed by atoms with Gasteiger partial charge in [-0.2, -0.15) is 0 Å². The van der Waals surface area contributed by atoms with Crippen LogP contribution in [-0.4, -0.2) is 13.0 Å². The Morgan fingerprint density at radius 3 is 2.71 bits per heavy atom. The molecule has 0 bridgehead atoms. The first-order valence-corrected chi connectivity index (χ1v) is 7.30. The topological polar surface area (TPSA) is 64.3 Å². The Hall–Kier alpha value is -1.72. The fourth-order valence-electron chi connectivity index (χ4n) is 1.83. The molecule has 0 atom stereocenters. The Morgan fingerprint density at radius 1 is 1.33 bits per heavy atom. The first kappa shape index (κ1) is 15.7. The van der Waals surface area contributed by atoms with Crippen LogP contribution in [0, 0.1) is 6.92 Å². The van der Waals surface area contributed by atoms with Crippen molar-refractivity contribution in [3.05, 3.63) is 51.0 Å². The van der Waals surface area contributed by atoms with Gasteiger partial charge in [-0.15, -0.1) is 0 Å². The summed E-state index contributed by atoms with van der Waals surface area (Å²) in [6.07, 6.45) is 0. The molecule has 0 spiro atoms. The molecule has 0 fully saturated rings. The van der Waals surface area contributed by atoms with Crippen molar-refractivity contribution in [3.8, 4) is 5.75 Å². The maximum absolute atomic E-state index is 12.4. The van der Waals surface area contributed by atoms with Crippen molar-refractivity contribution in [2.45, 2.75) is 6.92 Å². The molecule has 0 radical (unpaired) electrons. The summed E-state index contributed by atoms with van der Waals surface area (Å²) in [4.78, 5) is 12.4. The highest BCUT2D eigenvalue weighted by Crippen LogP contribution is 2.28. The molecule has 2 rings (SSSR count). The maximum atomic E-state index is 12.4. The number of halogens is 2. The van der Waals surface area contributed by atoms with Crippen molar-refractivity contribution in [1.82, 2.24) is 0 Å². The number of nitrogens with two attached hydrogens (primary N) is 1. The van der Waals surface area contributed by atoms with E-state index in [1.54, 1.807) is 37.4 Å². The van der Waals surface area contributed by atoms with Crippen LogP contribution >= 0.6 is 27.5 Å². The second kappa shape index (κ2) is 6.37. The lowest BCUT2D eigenvalue weighted by molar-refractivity contribution is 0.102. The van der Waals surface area contributed by atoms with Gasteiger partial charge in [0.15, 0.2) is 0 Å². The normalized spacial score (nSPS) is 10.3. The van der Waals surface area contributed by atoms with Crippen LogP contribution in [0.2, 0.25) is 5.02 Å². The number of anilines is 2. The fraction of sp³-hybridized carbons (Fsp3) is 0.133. The molecule has 0 saturated carbocycles. The molecule has 4 nitrogen and oxygen atoms in total. The van der Waals surface area contributed by atoms with Gasteiger partial charge >= 0.3 is 0 Å². The number of carbonyl (C=O) groups is 1. The highest BCUT2D eigenvalue weighted by molar-refractivity contribution is 9.10. The number of aryl methyl sites for hydroxylation is 1. The molecule has 110 valence electrons. The highest BCUT2D eigenvalue weighted by atomic mass is 79.9. The molecule has 1 amide bonds. The lowest BCUT2D eigenvalue weighted by Crippen LogP contribution is -2.13. The van der Waals surface area contributed by atoms with Crippen LogP contribution in [0.4, 0.5) is 11.4 Å². The third kappa shape index (κ3) is 3.49. The molecule has 21 heavy (non-hydrogen) atoms. The minimum Gasteiger partial charge on any atom is -0.497 e. The van der Waals surface area contributed by atoms with E-state index in [-0.39, 0.29) is 5.91 Å². The Bertz CT molecular complexity index is 704. The van der Waals surface area contributed by atoms with Crippen LogP contribution < -0.4 is 15.8 Å². The number of ether oxygens (including phenoxy) is 1. The van der Waals surface area contributed by atoms with E-state index in [2.05, 4.69) is 21.2 Å². The van der Waals surface area contributed by atoms with E-state index in [1.807, 2.05) is 6.92 Å². The van der Waals surface area contributed by atoms with Crippen LogP contribution in [0.5, 0.6) is 5.75 Å². The average Bonchev–Trinajstić information content (AvgIpc) is 2.45. The van der Waals surface area contributed by atoms with Gasteiger partial charge in [-0.3, -0.25) is 4.79 Å². The lowest BCUT2D eigenvalue weighted by Gasteiger charge is -2.12. The Labute approximate surface area is 136 Å². The van der Waals surface area contributed by atoms with Gasteiger partial charge < -0.3 is 15.8 Å². The molecule has 0 unspecified atom stereocenters. The zero-order chi connectivity index (χ0) is 15.6. The Morgan fingerprint density at radius 2 is 2.05 bits per heavy atom. The van der Waals surface area contributed by atoms with E-state index in [1.165, 1.54) is 0 Å². The highest BCUT2D eigenvalue weighted by Gasteiger charge is 2.13. The van der Waals surface area contributed by atoms with E-state index in [0.29, 0.717) is 32.2 Å². The first-order valence-electron chi connectivity index (χ1n) is 6.13. The number of benzene rings is 2. The predicted molar refractivity (Wildman–Crippen MR) is 89.2 cm³/mol. The summed E-state index contributed by atoms with van der Waals surface area (Å²) in [7, 11) is 1.55. The summed E-state index contributed by atoms with van der Waals surface area (Å²) in [6.45, 7) is 1.85. The molecule has 0 aromatic heterocycles. The van der Waals surface area contributed by atoms with E-state index < -0.39 is 0 Å². The molecule has 0 aliphatic heterocycles. The molecule has 0 aliphatic carbocycles. The van der Waals surface area contributed by atoms with E-state index in [0.717, 1.165) is 5.56 Å². The Kier molecular flexibility index (Phi) is 4.75.